The molecule has 0 amide bonds. The molecule has 0 aliphatic carbocycles. The van der Waals surface area contributed by atoms with Crippen LogP contribution in [0.2, 0.25) is 5.02 Å². The third-order valence-electron chi connectivity index (χ3n) is 5.25. The van der Waals surface area contributed by atoms with E-state index in [-0.39, 0.29) is 18.4 Å². The third-order valence-corrected chi connectivity index (χ3v) is 5.50. The predicted molar refractivity (Wildman–Crippen MR) is 117 cm³/mol. The first-order valence-electron chi connectivity index (χ1n) is 10.1. The highest BCUT2D eigenvalue weighted by Gasteiger charge is 2.39. The maximum atomic E-state index is 13.9. The van der Waals surface area contributed by atoms with E-state index in [4.69, 9.17) is 11.6 Å². The summed E-state index contributed by atoms with van der Waals surface area (Å²) in [6.07, 6.45) is -6.91. The smallest absolute Gasteiger partial charge is 0.324 e. The summed E-state index contributed by atoms with van der Waals surface area (Å²) in [6, 6.07) is 11.6. The number of rotatable bonds is 4. The van der Waals surface area contributed by atoms with Crippen molar-refractivity contribution in [1.29, 1.82) is 0 Å². The summed E-state index contributed by atoms with van der Waals surface area (Å²) in [4.78, 5) is 8.47. The third kappa shape index (κ3) is 4.52. The number of halogens is 7. The molecule has 4 aromatic rings. The lowest BCUT2D eigenvalue weighted by atomic mass is 10.0. The fraction of sp³-hybridized carbons (Fsp3) is 0.167. The number of pyridine rings is 1. The Labute approximate surface area is 195 Å². The molecule has 4 rings (SSSR count). The summed E-state index contributed by atoms with van der Waals surface area (Å²) >= 11 is 6.01. The number of benzene rings is 2. The molecule has 0 aliphatic heterocycles. The van der Waals surface area contributed by atoms with Gasteiger partial charge in [0.1, 0.15) is 5.82 Å². The highest BCUT2D eigenvalue weighted by atomic mass is 35.5. The molecule has 0 unspecified atom stereocenters. The predicted octanol–water partition coefficient (Wildman–Crippen LogP) is 7.99. The topological polar surface area (TPSA) is 30.7 Å². The quantitative estimate of drug-likeness (QED) is 0.269. The molecule has 0 N–H and O–H groups in total. The highest BCUT2D eigenvalue weighted by Crippen LogP contribution is 2.43. The van der Waals surface area contributed by atoms with Gasteiger partial charge < -0.3 is 4.57 Å². The SMILES string of the molecule is CCn1c(-c2ccc(C(F)(F)F)cc2C(F)(F)F)nc(-c2ccncc2)c1-c1ccc(Cl)cc1. The zero-order chi connectivity index (χ0) is 24.7. The minimum Gasteiger partial charge on any atom is -0.324 e. The van der Waals surface area contributed by atoms with Crippen LogP contribution in [0.5, 0.6) is 0 Å². The second kappa shape index (κ2) is 8.79. The molecule has 2 aromatic heterocycles. The maximum absolute atomic E-state index is 13.9. The number of alkyl halides is 6. The lowest BCUT2D eigenvalue weighted by Gasteiger charge is -2.17. The fourth-order valence-corrected chi connectivity index (χ4v) is 3.85. The molecule has 0 fully saturated rings. The molecule has 176 valence electrons. The van der Waals surface area contributed by atoms with Gasteiger partial charge >= 0.3 is 12.4 Å². The average molecular weight is 496 g/mol. The Bertz CT molecular complexity index is 1310. The van der Waals surface area contributed by atoms with Gasteiger partial charge in [0.2, 0.25) is 0 Å². The lowest BCUT2D eigenvalue weighted by Crippen LogP contribution is -2.13. The summed E-state index contributed by atoms with van der Waals surface area (Å²) in [5.74, 6) is -0.0969. The molecule has 0 atom stereocenters. The summed E-state index contributed by atoms with van der Waals surface area (Å²) in [5, 5.41) is 0.471. The van der Waals surface area contributed by atoms with Crippen molar-refractivity contribution in [3.63, 3.8) is 0 Å². The van der Waals surface area contributed by atoms with Gasteiger partial charge in [-0.15, -0.1) is 0 Å². The van der Waals surface area contributed by atoms with Crippen LogP contribution in [0.1, 0.15) is 18.1 Å². The van der Waals surface area contributed by atoms with Crippen LogP contribution in [0.4, 0.5) is 26.3 Å². The molecule has 0 radical (unpaired) electrons. The first-order valence-corrected chi connectivity index (χ1v) is 10.4. The first-order chi connectivity index (χ1) is 16.0. The first kappa shape index (κ1) is 23.8. The van der Waals surface area contributed by atoms with E-state index in [1.165, 1.54) is 12.4 Å². The highest BCUT2D eigenvalue weighted by molar-refractivity contribution is 6.30. The molecule has 10 heteroatoms. The number of hydrogen-bond acceptors (Lipinski definition) is 2. The molecule has 2 heterocycles. The number of hydrogen-bond donors (Lipinski definition) is 0. The van der Waals surface area contributed by atoms with Gasteiger partial charge in [0.25, 0.3) is 0 Å². The standard InChI is InChI=1S/C24H16ClF6N3/c1-2-34-21(15-3-6-17(25)7-4-15)20(14-9-11-32-12-10-14)33-22(34)18-8-5-16(23(26,27)28)13-19(18)24(29,30)31/h3-13H,2H2,1H3. The minimum atomic E-state index is -5.03. The van der Waals surface area contributed by atoms with E-state index in [1.807, 2.05) is 0 Å². The van der Waals surface area contributed by atoms with Gasteiger partial charge in [0.15, 0.2) is 0 Å². The largest absolute Gasteiger partial charge is 0.417 e. The van der Waals surface area contributed by atoms with Crippen LogP contribution < -0.4 is 0 Å². The van der Waals surface area contributed by atoms with Crippen molar-refractivity contribution in [2.24, 2.45) is 0 Å². The molecule has 3 nitrogen and oxygen atoms in total. The van der Waals surface area contributed by atoms with Crippen molar-refractivity contribution >= 4 is 11.6 Å². The van der Waals surface area contributed by atoms with Crippen molar-refractivity contribution in [3.8, 4) is 33.9 Å². The zero-order valence-corrected chi connectivity index (χ0v) is 18.3. The van der Waals surface area contributed by atoms with Crippen molar-refractivity contribution in [2.75, 3.05) is 0 Å². The maximum Gasteiger partial charge on any atom is 0.417 e. The van der Waals surface area contributed by atoms with Gasteiger partial charge in [-0.3, -0.25) is 4.98 Å². The van der Waals surface area contributed by atoms with Crippen LogP contribution in [0.25, 0.3) is 33.9 Å². The van der Waals surface area contributed by atoms with E-state index < -0.39 is 29.0 Å². The second-order valence-electron chi connectivity index (χ2n) is 7.38. The molecular weight excluding hydrogens is 480 g/mol. The Morgan fingerprint density at radius 2 is 1.47 bits per heavy atom. The second-order valence-corrected chi connectivity index (χ2v) is 7.81. The fourth-order valence-electron chi connectivity index (χ4n) is 3.73. The Morgan fingerprint density at radius 3 is 2.03 bits per heavy atom. The lowest BCUT2D eigenvalue weighted by molar-refractivity contribution is -0.142. The van der Waals surface area contributed by atoms with Crippen LogP contribution >= 0.6 is 11.6 Å². The zero-order valence-electron chi connectivity index (χ0n) is 17.5. The normalized spacial score (nSPS) is 12.2. The van der Waals surface area contributed by atoms with Gasteiger partial charge in [-0.2, -0.15) is 26.3 Å². The molecule has 0 saturated heterocycles. The van der Waals surface area contributed by atoms with Gasteiger partial charge in [0.05, 0.1) is 22.5 Å². The van der Waals surface area contributed by atoms with Crippen LogP contribution in [0, 0.1) is 0 Å². The Morgan fingerprint density at radius 1 is 0.824 bits per heavy atom. The van der Waals surface area contributed by atoms with Crippen molar-refractivity contribution in [1.82, 2.24) is 14.5 Å². The van der Waals surface area contributed by atoms with E-state index in [9.17, 15) is 26.3 Å². The van der Waals surface area contributed by atoms with Crippen molar-refractivity contribution in [2.45, 2.75) is 25.8 Å². The number of aromatic nitrogens is 3. The van der Waals surface area contributed by atoms with Crippen LogP contribution in [-0.2, 0) is 18.9 Å². The number of imidazole rings is 1. The summed E-state index contributed by atoms with van der Waals surface area (Å²) in [7, 11) is 0. The molecular formula is C24H16ClF6N3. The molecule has 34 heavy (non-hydrogen) atoms. The van der Waals surface area contributed by atoms with Gasteiger partial charge in [0, 0.05) is 40.7 Å². The van der Waals surface area contributed by atoms with Gasteiger partial charge in [-0.25, -0.2) is 4.98 Å². The van der Waals surface area contributed by atoms with Crippen LogP contribution in [-0.4, -0.2) is 14.5 Å². The monoisotopic (exact) mass is 495 g/mol. The van der Waals surface area contributed by atoms with E-state index in [0.29, 0.717) is 33.6 Å². The molecule has 0 bridgehead atoms. The Balaban J connectivity index is 2.05. The Hall–Kier alpha value is -3.33. The average Bonchev–Trinajstić information content (AvgIpc) is 3.18. The molecule has 0 spiro atoms. The molecule has 0 aliphatic rings. The van der Waals surface area contributed by atoms with E-state index in [0.717, 1.165) is 6.07 Å². The van der Waals surface area contributed by atoms with E-state index in [2.05, 4.69) is 9.97 Å². The van der Waals surface area contributed by atoms with E-state index >= 15 is 0 Å². The van der Waals surface area contributed by atoms with Crippen LogP contribution in [0.15, 0.2) is 67.0 Å². The van der Waals surface area contributed by atoms with Gasteiger partial charge in [-0.1, -0.05) is 29.8 Å². The van der Waals surface area contributed by atoms with Crippen molar-refractivity contribution in [3.05, 3.63) is 83.1 Å². The summed E-state index contributed by atoms with van der Waals surface area (Å²) in [5.41, 5.74) is -1.14. The number of nitrogens with zero attached hydrogens (tertiary/aromatic N) is 3. The molecule has 2 aromatic carbocycles. The van der Waals surface area contributed by atoms with E-state index in [1.54, 1.807) is 47.9 Å². The Kier molecular flexibility index (Phi) is 6.16. The minimum absolute atomic E-state index is 0.0969. The van der Waals surface area contributed by atoms with Crippen molar-refractivity contribution < 1.29 is 26.3 Å². The molecule has 0 saturated carbocycles. The van der Waals surface area contributed by atoms with Crippen LogP contribution in [0.3, 0.4) is 0 Å². The summed E-state index contributed by atoms with van der Waals surface area (Å²) in [6.45, 7) is 1.93. The van der Waals surface area contributed by atoms with Gasteiger partial charge in [-0.05, 0) is 43.3 Å². The summed E-state index contributed by atoms with van der Waals surface area (Å²) < 4.78 is 82.8.